The maximum absolute atomic E-state index is 11.7. The molecular formula is C12H14N2O3. The Morgan fingerprint density at radius 2 is 2.29 bits per heavy atom. The molecule has 1 aromatic rings. The fraction of sp³-hybridized carbons (Fsp3) is 0.333. The van der Waals surface area contributed by atoms with E-state index in [9.17, 15) is 9.59 Å². The highest BCUT2D eigenvalue weighted by molar-refractivity contribution is 5.98. The largest absolute Gasteiger partial charge is 0.482 e. The predicted octanol–water partition coefficient (Wildman–Crippen LogP) is 0.973. The van der Waals surface area contributed by atoms with Crippen molar-refractivity contribution in [2.24, 2.45) is 0 Å². The number of hydrogen-bond acceptors (Lipinski definition) is 4. The van der Waals surface area contributed by atoms with Crippen molar-refractivity contribution in [1.29, 1.82) is 0 Å². The van der Waals surface area contributed by atoms with Crippen LogP contribution >= 0.6 is 0 Å². The quantitative estimate of drug-likeness (QED) is 0.791. The van der Waals surface area contributed by atoms with Crippen LogP contribution in [0.5, 0.6) is 5.75 Å². The number of benzene rings is 1. The molecular weight excluding hydrogens is 220 g/mol. The van der Waals surface area contributed by atoms with Crippen molar-refractivity contribution >= 4 is 23.1 Å². The van der Waals surface area contributed by atoms with Gasteiger partial charge in [-0.25, -0.2) is 0 Å². The van der Waals surface area contributed by atoms with E-state index in [1.165, 1.54) is 6.92 Å². The molecule has 0 radical (unpaired) electrons. The molecule has 1 heterocycles. The molecule has 0 fully saturated rings. The van der Waals surface area contributed by atoms with Crippen molar-refractivity contribution in [3.05, 3.63) is 18.2 Å². The number of fused-ring (bicyclic) bond motifs is 1. The molecule has 0 saturated carbocycles. The monoisotopic (exact) mass is 234 g/mol. The third-order valence-electron chi connectivity index (χ3n) is 2.61. The molecule has 0 aromatic heterocycles. The van der Waals surface area contributed by atoms with E-state index in [0.717, 1.165) is 0 Å². The summed E-state index contributed by atoms with van der Waals surface area (Å²) < 4.78 is 5.30. The number of nitrogens with zero attached hydrogens (tertiary/aromatic N) is 1. The van der Waals surface area contributed by atoms with Crippen molar-refractivity contribution in [2.45, 2.75) is 13.3 Å². The number of rotatable bonds is 3. The molecule has 5 heteroatoms. The van der Waals surface area contributed by atoms with Crippen LogP contribution in [0.4, 0.5) is 11.4 Å². The number of Topliss-reactive ketones (excluding diaryl/α,β-unsaturated/α-hetero) is 1. The van der Waals surface area contributed by atoms with Gasteiger partial charge in [0.05, 0.1) is 5.69 Å². The standard InChI is InChI=1S/C12H14N2O3/c1-8(15)4-5-14-10-6-9(13)2-3-11(10)17-7-12(14)16/h2-3,6H,4-5,7,13H2,1H3. The Bertz CT molecular complexity index is 471. The van der Waals surface area contributed by atoms with Gasteiger partial charge < -0.3 is 15.4 Å². The fourth-order valence-corrected chi connectivity index (χ4v) is 1.73. The van der Waals surface area contributed by atoms with E-state index < -0.39 is 0 Å². The Labute approximate surface area is 99.2 Å². The smallest absolute Gasteiger partial charge is 0.265 e. The van der Waals surface area contributed by atoms with Crippen LogP contribution < -0.4 is 15.4 Å². The van der Waals surface area contributed by atoms with Gasteiger partial charge in [0.1, 0.15) is 11.5 Å². The summed E-state index contributed by atoms with van der Waals surface area (Å²) in [5.41, 5.74) is 6.89. The third kappa shape index (κ3) is 2.38. The molecule has 1 aliphatic heterocycles. The SMILES string of the molecule is CC(=O)CCN1C(=O)COc2ccc(N)cc21. The number of ketones is 1. The van der Waals surface area contributed by atoms with Gasteiger partial charge in [-0.2, -0.15) is 0 Å². The topological polar surface area (TPSA) is 72.6 Å². The molecule has 0 aliphatic carbocycles. The minimum absolute atomic E-state index is 0.00875. The van der Waals surface area contributed by atoms with Gasteiger partial charge in [0.25, 0.3) is 5.91 Å². The van der Waals surface area contributed by atoms with Gasteiger partial charge in [-0.1, -0.05) is 0 Å². The average Bonchev–Trinajstić information content (AvgIpc) is 2.27. The van der Waals surface area contributed by atoms with Crippen LogP contribution in [-0.2, 0) is 9.59 Å². The Kier molecular flexibility index (Phi) is 2.99. The van der Waals surface area contributed by atoms with Gasteiger partial charge in [0, 0.05) is 18.7 Å². The third-order valence-corrected chi connectivity index (χ3v) is 2.61. The summed E-state index contributed by atoms with van der Waals surface area (Å²) in [5, 5.41) is 0. The first-order chi connectivity index (χ1) is 8.08. The maximum Gasteiger partial charge on any atom is 0.265 e. The van der Waals surface area contributed by atoms with E-state index in [0.29, 0.717) is 30.1 Å². The number of carbonyl (C=O) groups is 2. The van der Waals surface area contributed by atoms with Gasteiger partial charge in [-0.05, 0) is 25.1 Å². The van der Waals surface area contributed by atoms with Crippen LogP contribution in [0.25, 0.3) is 0 Å². The molecule has 1 aliphatic rings. The van der Waals surface area contributed by atoms with E-state index in [-0.39, 0.29) is 18.3 Å². The number of anilines is 2. The van der Waals surface area contributed by atoms with Gasteiger partial charge in [0.2, 0.25) is 0 Å². The van der Waals surface area contributed by atoms with Crippen LogP contribution in [0.1, 0.15) is 13.3 Å². The van der Waals surface area contributed by atoms with Crippen LogP contribution in [0, 0.1) is 0 Å². The van der Waals surface area contributed by atoms with Crippen molar-refractivity contribution in [1.82, 2.24) is 0 Å². The molecule has 17 heavy (non-hydrogen) atoms. The summed E-state index contributed by atoms with van der Waals surface area (Å²) in [7, 11) is 0. The fourth-order valence-electron chi connectivity index (χ4n) is 1.73. The highest BCUT2D eigenvalue weighted by Crippen LogP contribution is 2.33. The van der Waals surface area contributed by atoms with E-state index in [4.69, 9.17) is 10.5 Å². The van der Waals surface area contributed by atoms with E-state index in [2.05, 4.69) is 0 Å². The lowest BCUT2D eigenvalue weighted by Crippen LogP contribution is -2.39. The Hall–Kier alpha value is -2.04. The summed E-state index contributed by atoms with van der Waals surface area (Å²) in [6.07, 6.45) is 0.333. The summed E-state index contributed by atoms with van der Waals surface area (Å²) >= 11 is 0. The van der Waals surface area contributed by atoms with Crippen molar-refractivity contribution < 1.29 is 14.3 Å². The zero-order valence-corrected chi connectivity index (χ0v) is 9.60. The predicted molar refractivity (Wildman–Crippen MR) is 64.0 cm³/mol. The lowest BCUT2D eigenvalue weighted by atomic mass is 10.2. The molecule has 2 N–H and O–H groups in total. The van der Waals surface area contributed by atoms with Gasteiger partial charge in [-0.3, -0.25) is 9.59 Å². The molecule has 1 aromatic carbocycles. The van der Waals surface area contributed by atoms with Crippen molar-refractivity contribution in [3.8, 4) is 5.75 Å². The Morgan fingerprint density at radius 1 is 1.53 bits per heavy atom. The Morgan fingerprint density at radius 3 is 3.00 bits per heavy atom. The first-order valence-electron chi connectivity index (χ1n) is 5.40. The molecule has 0 atom stereocenters. The molecule has 5 nitrogen and oxygen atoms in total. The molecule has 0 unspecified atom stereocenters. The number of nitrogen functional groups attached to an aromatic ring is 1. The number of nitrogens with two attached hydrogens (primary N) is 1. The first kappa shape index (κ1) is 11.4. The van der Waals surface area contributed by atoms with Crippen molar-refractivity contribution in [3.63, 3.8) is 0 Å². The first-order valence-corrected chi connectivity index (χ1v) is 5.40. The summed E-state index contributed by atoms with van der Waals surface area (Å²) in [5.74, 6) is 0.529. The van der Waals surface area contributed by atoms with Crippen LogP contribution in [0.3, 0.4) is 0 Å². The van der Waals surface area contributed by atoms with Crippen molar-refractivity contribution in [2.75, 3.05) is 23.8 Å². The normalized spacial score (nSPS) is 14.2. The number of amides is 1. The van der Waals surface area contributed by atoms with Crippen LogP contribution in [-0.4, -0.2) is 24.8 Å². The molecule has 0 saturated heterocycles. The highest BCUT2D eigenvalue weighted by Gasteiger charge is 2.25. The zero-order valence-electron chi connectivity index (χ0n) is 9.60. The second-order valence-electron chi connectivity index (χ2n) is 4.01. The molecule has 90 valence electrons. The number of ether oxygens (including phenoxy) is 1. The maximum atomic E-state index is 11.7. The zero-order chi connectivity index (χ0) is 12.4. The molecule has 2 rings (SSSR count). The second-order valence-corrected chi connectivity index (χ2v) is 4.01. The minimum Gasteiger partial charge on any atom is -0.482 e. The van der Waals surface area contributed by atoms with Gasteiger partial charge in [0.15, 0.2) is 6.61 Å². The molecule has 0 bridgehead atoms. The van der Waals surface area contributed by atoms with E-state index in [1.54, 1.807) is 23.1 Å². The van der Waals surface area contributed by atoms with Crippen LogP contribution in [0.2, 0.25) is 0 Å². The summed E-state index contributed by atoms with van der Waals surface area (Å²) in [4.78, 5) is 24.3. The lowest BCUT2D eigenvalue weighted by molar-refractivity contribution is -0.121. The second kappa shape index (κ2) is 4.45. The van der Waals surface area contributed by atoms with Crippen LogP contribution in [0.15, 0.2) is 18.2 Å². The summed E-state index contributed by atoms with van der Waals surface area (Å²) in [6, 6.07) is 5.14. The van der Waals surface area contributed by atoms with Gasteiger partial charge in [-0.15, -0.1) is 0 Å². The Balaban J connectivity index is 2.28. The molecule has 1 amide bonds. The summed E-state index contributed by atoms with van der Waals surface area (Å²) in [6.45, 7) is 1.88. The lowest BCUT2D eigenvalue weighted by Gasteiger charge is -2.29. The number of carbonyl (C=O) groups excluding carboxylic acids is 2. The van der Waals surface area contributed by atoms with E-state index in [1.807, 2.05) is 0 Å². The van der Waals surface area contributed by atoms with E-state index >= 15 is 0 Å². The highest BCUT2D eigenvalue weighted by atomic mass is 16.5. The average molecular weight is 234 g/mol. The minimum atomic E-state index is -0.149. The van der Waals surface area contributed by atoms with Gasteiger partial charge >= 0.3 is 0 Å². The number of hydrogen-bond donors (Lipinski definition) is 1. The molecule has 0 spiro atoms.